The molecule has 1 aromatic carbocycles. The van der Waals surface area contributed by atoms with Crippen LogP contribution in [0.5, 0.6) is 0 Å². The van der Waals surface area contributed by atoms with Gasteiger partial charge in [0.1, 0.15) is 23.1 Å². The Balaban J connectivity index is 2.09. The fourth-order valence-electron chi connectivity index (χ4n) is 2.37. The first-order valence-electron chi connectivity index (χ1n) is 7.04. The zero-order valence-electron chi connectivity index (χ0n) is 12.7. The molecule has 0 spiro atoms. The molecule has 0 atom stereocenters. The van der Waals surface area contributed by atoms with E-state index in [1.807, 2.05) is 6.07 Å². The molecular weight excluding hydrogens is 322 g/mol. The average Bonchev–Trinajstić information content (AvgIpc) is 2.61. The molecule has 0 aliphatic rings. The van der Waals surface area contributed by atoms with Gasteiger partial charge in [0.15, 0.2) is 0 Å². The number of hydrogen-bond acceptors (Lipinski definition) is 8. The third-order valence-corrected chi connectivity index (χ3v) is 3.48. The summed E-state index contributed by atoms with van der Waals surface area (Å²) >= 11 is 0. The summed E-state index contributed by atoms with van der Waals surface area (Å²) in [6.07, 6.45) is 1.48. The molecule has 9 nitrogen and oxygen atoms in total. The van der Waals surface area contributed by atoms with E-state index in [1.54, 1.807) is 24.3 Å². The second kappa shape index (κ2) is 6.21. The number of benzene rings is 1. The van der Waals surface area contributed by atoms with Crippen LogP contribution in [-0.2, 0) is 0 Å². The maximum absolute atomic E-state index is 11.1. The quantitative estimate of drug-likeness (QED) is 0.545. The summed E-state index contributed by atoms with van der Waals surface area (Å²) in [5.74, 6) is -0.0506. The molecular formula is C16H11N7O2. The zero-order chi connectivity index (χ0) is 18.0. The van der Waals surface area contributed by atoms with Crippen molar-refractivity contribution in [3.8, 4) is 28.6 Å². The Kier molecular flexibility index (Phi) is 3.93. The minimum Gasteiger partial charge on any atom is -0.382 e. The predicted octanol–water partition coefficient (Wildman–Crippen LogP) is 2.15. The van der Waals surface area contributed by atoms with Gasteiger partial charge in [0.05, 0.1) is 10.6 Å². The largest absolute Gasteiger partial charge is 0.382 e. The van der Waals surface area contributed by atoms with Gasteiger partial charge < -0.3 is 11.5 Å². The highest BCUT2D eigenvalue weighted by atomic mass is 16.6. The molecule has 25 heavy (non-hydrogen) atoms. The number of pyridine rings is 1. The van der Waals surface area contributed by atoms with Gasteiger partial charge in [-0.2, -0.15) is 10.2 Å². The van der Waals surface area contributed by atoms with Crippen molar-refractivity contribution >= 4 is 17.5 Å². The van der Waals surface area contributed by atoms with Crippen molar-refractivity contribution in [1.29, 1.82) is 5.26 Å². The minimum absolute atomic E-state index is 0.00515. The van der Waals surface area contributed by atoms with Crippen molar-refractivity contribution in [2.45, 2.75) is 0 Å². The average molecular weight is 333 g/mol. The third kappa shape index (κ3) is 2.91. The van der Waals surface area contributed by atoms with E-state index < -0.39 is 4.92 Å². The van der Waals surface area contributed by atoms with Crippen LogP contribution in [0.4, 0.5) is 17.5 Å². The molecule has 2 aromatic heterocycles. The second-order valence-electron chi connectivity index (χ2n) is 5.01. The van der Waals surface area contributed by atoms with E-state index in [0.717, 1.165) is 0 Å². The highest BCUT2D eigenvalue weighted by Gasteiger charge is 2.17. The molecule has 0 fully saturated rings. The molecule has 0 bridgehead atoms. The number of anilines is 2. The first-order chi connectivity index (χ1) is 12.0. The molecule has 9 heteroatoms. The van der Waals surface area contributed by atoms with Gasteiger partial charge in [-0.1, -0.05) is 24.3 Å². The van der Waals surface area contributed by atoms with E-state index in [1.165, 1.54) is 18.3 Å². The fraction of sp³-hybridized carbons (Fsp3) is 0. The molecule has 0 saturated carbocycles. The van der Waals surface area contributed by atoms with E-state index in [4.69, 9.17) is 11.5 Å². The lowest BCUT2D eigenvalue weighted by molar-refractivity contribution is -0.384. The van der Waals surface area contributed by atoms with Crippen LogP contribution in [0.25, 0.3) is 22.5 Å². The molecule has 0 radical (unpaired) electrons. The van der Waals surface area contributed by atoms with Crippen LogP contribution in [-0.4, -0.2) is 19.9 Å². The topological polar surface area (TPSA) is 158 Å². The number of aromatic nitrogens is 3. The molecule has 2 heterocycles. The van der Waals surface area contributed by atoms with E-state index in [9.17, 15) is 15.4 Å². The lowest BCUT2D eigenvalue weighted by atomic mass is 10.0. The maximum Gasteiger partial charge on any atom is 0.295 e. The van der Waals surface area contributed by atoms with Crippen molar-refractivity contribution in [3.63, 3.8) is 0 Å². The Morgan fingerprint density at radius 1 is 1.04 bits per heavy atom. The molecule has 122 valence electrons. The number of nitrogen functional groups attached to an aromatic ring is 2. The highest BCUT2D eigenvalue weighted by molar-refractivity contribution is 5.76. The fourth-order valence-corrected chi connectivity index (χ4v) is 2.37. The van der Waals surface area contributed by atoms with E-state index in [-0.39, 0.29) is 28.7 Å². The summed E-state index contributed by atoms with van der Waals surface area (Å²) in [5.41, 5.74) is 13.0. The van der Waals surface area contributed by atoms with Crippen LogP contribution in [0.2, 0.25) is 0 Å². The summed E-state index contributed by atoms with van der Waals surface area (Å²) in [7, 11) is 0. The molecule has 0 saturated heterocycles. The predicted molar refractivity (Wildman–Crippen MR) is 90.9 cm³/mol. The van der Waals surface area contributed by atoms with E-state index in [2.05, 4.69) is 15.0 Å². The lowest BCUT2D eigenvalue weighted by Crippen LogP contribution is -2.04. The van der Waals surface area contributed by atoms with Crippen LogP contribution in [0.1, 0.15) is 5.56 Å². The zero-order valence-corrected chi connectivity index (χ0v) is 12.7. The summed E-state index contributed by atoms with van der Waals surface area (Å²) in [6, 6.07) is 11.5. The van der Waals surface area contributed by atoms with Crippen molar-refractivity contribution in [1.82, 2.24) is 15.0 Å². The van der Waals surface area contributed by atoms with Crippen molar-refractivity contribution in [2.24, 2.45) is 0 Å². The molecule has 3 aromatic rings. The van der Waals surface area contributed by atoms with Gasteiger partial charge in [0.25, 0.3) is 5.69 Å². The van der Waals surface area contributed by atoms with Gasteiger partial charge in [0.2, 0.25) is 5.95 Å². The Morgan fingerprint density at radius 2 is 1.68 bits per heavy atom. The Hall–Kier alpha value is -4.06. The summed E-state index contributed by atoms with van der Waals surface area (Å²) in [6.45, 7) is 0. The highest BCUT2D eigenvalue weighted by Crippen LogP contribution is 2.30. The number of rotatable bonds is 3. The van der Waals surface area contributed by atoms with E-state index in [0.29, 0.717) is 16.8 Å². The third-order valence-electron chi connectivity index (χ3n) is 3.48. The SMILES string of the molecule is N#Cc1c(N)nc(N)nc1-c1ccc(-c2ncccc2[N+](=O)[O-])cc1. The molecule has 0 unspecified atom stereocenters. The molecule has 0 aliphatic heterocycles. The van der Waals surface area contributed by atoms with Crippen molar-refractivity contribution in [3.05, 3.63) is 58.3 Å². The van der Waals surface area contributed by atoms with Gasteiger partial charge in [-0.05, 0) is 6.07 Å². The molecule has 3 rings (SSSR count). The van der Waals surface area contributed by atoms with Crippen molar-refractivity contribution in [2.75, 3.05) is 11.5 Å². The lowest BCUT2D eigenvalue weighted by Gasteiger charge is -2.08. The first-order valence-corrected chi connectivity index (χ1v) is 7.04. The van der Waals surface area contributed by atoms with Gasteiger partial charge in [-0.3, -0.25) is 10.1 Å². The molecule has 0 aliphatic carbocycles. The van der Waals surface area contributed by atoms with Crippen LogP contribution < -0.4 is 11.5 Å². The maximum atomic E-state index is 11.1. The Bertz CT molecular complexity index is 1010. The summed E-state index contributed by atoms with van der Waals surface area (Å²) < 4.78 is 0. The number of nitriles is 1. The number of nitrogens with two attached hydrogens (primary N) is 2. The summed E-state index contributed by atoms with van der Waals surface area (Å²) in [5, 5.41) is 20.4. The Morgan fingerprint density at radius 3 is 2.28 bits per heavy atom. The van der Waals surface area contributed by atoms with Crippen LogP contribution >= 0.6 is 0 Å². The Labute approximate surface area is 141 Å². The van der Waals surface area contributed by atoms with Crippen LogP contribution in [0.15, 0.2) is 42.6 Å². The van der Waals surface area contributed by atoms with Gasteiger partial charge in [-0.15, -0.1) is 0 Å². The van der Waals surface area contributed by atoms with Crippen LogP contribution in [0, 0.1) is 21.4 Å². The van der Waals surface area contributed by atoms with Crippen molar-refractivity contribution < 1.29 is 4.92 Å². The summed E-state index contributed by atoms with van der Waals surface area (Å²) in [4.78, 5) is 22.5. The minimum atomic E-state index is -0.490. The smallest absolute Gasteiger partial charge is 0.295 e. The van der Waals surface area contributed by atoms with Crippen LogP contribution in [0.3, 0.4) is 0 Å². The van der Waals surface area contributed by atoms with Gasteiger partial charge in [0, 0.05) is 23.4 Å². The first kappa shape index (κ1) is 15.8. The van der Waals surface area contributed by atoms with Gasteiger partial charge >= 0.3 is 0 Å². The normalized spacial score (nSPS) is 10.2. The number of hydrogen-bond donors (Lipinski definition) is 2. The monoisotopic (exact) mass is 333 g/mol. The number of nitrogens with zero attached hydrogens (tertiary/aromatic N) is 5. The van der Waals surface area contributed by atoms with Gasteiger partial charge in [-0.25, -0.2) is 9.97 Å². The molecule has 0 amide bonds. The second-order valence-corrected chi connectivity index (χ2v) is 5.01. The molecule has 4 N–H and O–H groups in total. The number of nitro groups is 1. The van der Waals surface area contributed by atoms with E-state index >= 15 is 0 Å². The standard InChI is InChI=1S/C16H11N7O2/c17-8-11-13(21-16(19)22-15(11)18)9-3-5-10(6-4-9)14-12(23(24)25)2-1-7-20-14/h1-7H,(H4,18,19,21,22).